The van der Waals surface area contributed by atoms with Crippen LogP contribution in [0.4, 0.5) is 0 Å². The fraction of sp³-hybridized carbons (Fsp3) is 0.591. The number of likely N-dealkylation sites (N-methyl/N-ethyl adjacent to an activating group) is 1. The second-order valence-corrected chi connectivity index (χ2v) is 7.01. The molecule has 0 fully saturated rings. The largest absolute Gasteiger partial charge is 0.357 e. The first-order valence-corrected chi connectivity index (χ1v) is 10.9. The second-order valence-electron chi connectivity index (χ2n) is 7.01. The molecule has 8 heteroatoms. The lowest BCUT2D eigenvalue weighted by atomic mass is 10.0. The van der Waals surface area contributed by atoms with E-state index < -0.39 is 0 Å². The minimum atomic E-state index is 0. The van der Waals surface area contributed by atoms with Crippen LogP contribution < -0.4 is 10.6 Å². The SMILES string of the molecule is CCNC(=NCC(Cc1ccccc1)N(CC)CC)NCCn1cnnc1CC.I. The van der Waals surface area contributed by atoms with Gasteiger partial charge in [-0.05, 0) is 32.0 Å². The molecule has 1 aromatic heterocycles. The molecule has 0 amide bonds. The highest BCUT2D eigenvalue weighted by Gasteiger charge is 2.16. The summed E-state index contributed by atoms with van der Waals surface area (Å²) in [7, 11) is 0. The quantitative estimate of drug-likeness (QED) is 0.253. The zero-order valence-corrected chi connectivity index (χ0v) is 21.2. The molecule has 168 valence electrons. The molecular formula is C22H38IN7. The van der Waals surface area contributed by atoms with E-state index in [2.05, 4.69) is 88.3 Å². The molecule has 1 aromatic carbocycles. The van der Waals surface area contributed by atoms with Crippen molar-refractivity contribution in [3.8, 4) is 0 Å². The number of halogens is 1. The number of benzene rings is 1. The molecule has 0 aliphatic heterocycles. The van der Waals surface area contributed by atoms with Gasteiger partial charge in [0.15, 0.2) is 5.96 Å². The smallest absolute Gasteiger partial charge is 0.191 e. The highest BCUT2D eigenvalue weighted by Crippen LogP contribution is 2.10. The van der Waals surface area contributed by atoms with E-state index in [0.29, 0.717) is 6.04 Å². The number of hydrogen-bond acceptors (Lipinski definition) is 4. The van der Waals surface area contributed by atoms with Gasteiger partial charge < -0.3 is 15.2 Å². The average Bonchev–Trinajstić information content (AvgIpc) is 3.20. The zero-order chi connectivity index (χ0) is 20.9. The lowest BCUT2D eigenvalue weighted by molar-refractivity contribution is 0.220. The summed E-state index contributed by atoms with van der Waals surface area (Å²) in [6.45, 7) is 13.9. The topological polar surface area (TPSA) is 70.4 Å². The zero-order valence-electron chi connectivity index (χ0n) is 18.8. The average molecular weight is 527 g/mol. The Morgan fingerprint density at radius 2 is 1.83 bits per heavy atom. The van der Waals surface area contributed by atoms with Gasteiger partial charge in [0.2, 0.25) is 0 Å². The Labute approximate surface area is 198 Å². The number of nitrogens with zero attached hydrogens (tertiary/aromatic N) is 5. The van der Waals surface area contributed by atoms with Crippen LogP contribution in [-0.4, -0.2) is 64.4 Å². The van der Waals surface area contributed by atoms with E-state index >= 15 is 0 Å². The van der Waals surface area contributed by atoms with Gasteiger partial charge in [-0.2, -0.15) is 0 Å². The maximum absolute atomic E-state index is 4.90. The van der Waals surface area contributed by atoms with Crippen molar-refractivity contribution in [3.63, 3.8) is 0 Å². The van der Waals surface area contributed by atoms with Crippen molar-refractivity contribution in [2.45, 2.75) is 53.1 Å². The van der Waals surface area contributed by atoms with Crippen LogP contribution in [0.1, 0.15) is 39.1 Å². The first-order valence-electron chi connectivity index (χ1n) is 10.9. The number of hydrogen-bond donors (Lipinski definition) is 2. The van der Waals surface area contributed by atoms with Gasteiger partial charge in [-0.15, -0.1) is 34.2 Å². The van der Waals surface area contributed by atoms with Gasteiger partial charge in [-0.3, -0.25) is 9.89 Å². The minimum absolute atomic E-state index is 0. The summed E-state index contributed by atoms with van der Waals surface area (Å²) in [6, 6.07) is 11.1. The van der Waals surface area contributed by atoms with Crippen LogP contribution >= 0.6 is 24.0 Å². The van der Waals surface area contributed by atoms with E-state index in [1.165, 1.54) is 5.56 Å². The number of aryl methyl sites for hydroxylation is 1. The van der Waals surface area contributed by atoms with Crippen LogP contribution in [0.2, 0.25) is 0 Å². The third-order valence-electron chi connectivity index (χ3n) is 5.10. The molecule has 1 atom stereocenters. The van der Waals surface area contributed by atoms with Crippen molar-refractivity contribution >= 4 is 29.9 Å². The van der Waals surface area contributed by atoms with Crippen molar-refractivity contribution in [3.05, 3.63) is 48.0 Å². The maximum atomic E-state index is 4.90. The summed E-state index contributed by atoms with van der Waals surface area (Å²) >= 11 is 0. The van der Waals surface area contributed by atoms with Crippen LogP contribution in [-0.2, 0) is 19.4 Å². The Bertz CT molecular complexity index is 713. The van der Waals surface area contributed by atoms with E-state index in [1.807, 2.05) is 0 Å². The van der Waals surface area contributed by atoms with Gasteiger partial charge in [-0.1, -0.05) is 51.1 Å². The molecule has 0 radical (unpaired) electrons. The van der Waals surface area contributed by atoms with Crippen LogP contribution in [0.5, 0.6) is 0 Å². The summed E-state index contributed by atoms with van der Waals surface area (Å²) in [5.41, 5.74) is 1.36. The molecule has 2 N–H and O–H groups in total. The summed E-state index contributed by atoms with van der Waals surface area (Å²) in [4.78, 5) is 7.39. The van der Waals surface area contributed by atoms with Crippen molar-refractivity contribution in [1.82, 2.24) is 30.3 Å². The van der Waals surface area contributed by atoms with Crippen molar-refractivity contribution in [2.24, 2.45) is 4.99 Å². The first-order chi connectivity index (χ1) is 14.2. The summed E-state index contributed by atoms with van der Waals surface area (Å²) in [5.74, 6) is 1.88. The number of aliphatic imine (C=N–C) groups is 1. The molecule has 2 rings (SSSR count). The van der Waals surface area contributed by atoms with Gasteiger partial charge in [0.05, 0.1) is 6.54 Å². The van der Waals surface area contributed by atoms with Gasteiger partial charge in [0, 0.05) is 32.1 Å². The van der Waals surface area contributed by atoms with E-state index in [0.717, 1.165) is 63.9 Å². The van der Waals surface area contributed by atoms with Crippen LogP contribution in [0.25, 0.3) is 0 Å². The second kappa shape index (κ2) is 15.2. The van der Waals surface area contributed by atoms with Crippen molar-refractivity contribution in [2.75, 3.05) is 32.7 Å². The normalized spacial score (nSPS) is 12.5. The maximum Gasteiger partial charge on any atom is 0.191 e. The van der Waals surface area contributed by atoms with Gasteiger partial charge >= 0.3 is 0 Å². The molecule has 0 saturated carbocycles. The summed E-state index contributed by atoms with van der Waals surface area (Å²) in [6.07, 6.45) is 3.69. The molecule has 0 aliphatic rings. The van der Waals surface area contributed by atoms with Crippen LogP contribution in [0.15, 0.2) is 41.7 Å². The van der Waals surface area contributed by atoms with E-state index in [-0.39, 0.29) is 24.0 Å². The standard InChI is InChI=1S/C22H37N7.HI/c1-5-21-27-26-18-29(21)15-14-24-22(23-6-2)25-17-20(28(7-3)8-4)16-19-12-10-9-11-13-19;/h9-13,18,20H,5-8,14-17H2,1-4H3,(H2,23,24,25);1H. The highest BCUT2D eigenvalue weighted by atomic mass is 127. The molecule has 30 heavy (non-hydrogen) atoms. The molecule has 1 unspecified atom stereocenters. The van der Waals surface area contributed by atoms with E-state index in [1.54, 1.807) is 6.33 Å². The molecular weight excluding hydrogens is 489 g/mol. The van der Waals surface area contributed by atoms with Crippen molar-refractivity contribution in [1.29, 1.82) is 0 Å². The first kappa shape index (κ1) is 26.4. The number of rotatable bonds is 12. The van der Waals surface area contributed by atoms with E-state index in [9.17, 15) is 0 Å². The molecule has 2 aromatic rings. The van der Waals surface area contributed by atoms with Crippen LogP contribution in [0, 0.1) is 0 Å². The minimum Gasteiger partial charge on any atom is -0.357 e. The highest BCUT2D eigenvalue weighted by molar-refractivity contribution is 14.0. The van der Waals surface area contributed by atoms with Gasteiger partial charge in [-0.25, -0.2) is 0 Å². The molecule has 7 nitrogen and oxygen atoms in total. The van der Waals surface area contributed by atoms with E-state index in [4.69, 9.17) is 4.99 Å². The summed E-state index contributed by atoms with van der Waals surface area (Å²) < 4.78 is 2.09. The Morgan fingerprint density at radius 1 is 1.10 bits per heavy atom. The molecule has 0 bridgehead atoms. The number of guanidine groups is 1. The van der Waals surface area contributed by atoms with Gasteiger partial charge in [0.1, 0.15) is 12.2 Å². The van der Waals surface area contributed by atoms with Crippen LogP contribution in [0.3, 0.4) is 0 Å². The lowest BCUT2D eigenvalue weighted by Gasteiger charge is -2.29. The summed E-state index contributed by atoms with van der Waals surface area (Å²) in [5, 5.41) is 15.0. The Balaban J connectivity index is 0.00000450. The fourth-order valence-electron chi connectivity index (χ4n) is 3.51. The van der Waals surface area contributed by atoms with Crippen molar-refractivity contribution < 1.29 is 0 Å². The fourth-order valence-corrected chi connectivity index (χ4v) is 3.51. The number of aromatic nitrogens is 3. The molecule has 0 spiro atoms. The molecule has 0 aliphatic carbocycles. The molecule has 0 saturated heterocycles. The molecule has 1 heterocycles. The predicted octanol–water partition coefficient (Wildman–Crippen LogP) is 2.97. The predicted molar refractivity (Wildman–Crippen MR) is 136 cm³/mol. The monoisotopic (exact) mass is 527 g/mol. The Morgan fingerprint density at radius 3 is 2.47 bits per heavy atom. The third kappa shape index (κ3) is 8.59. The lowest BCUT2D eigenvalue weighted by Crippen LogP contribution is -2.42. The third-order valence-corrected chi connectivity index (χ3v) is 5.10. The van der Waals surface area contributed by atoms with Gasteiger partial charge in [0.25, 0.3) is 0 Å². The Hall–Kier alpha value is -1.68. The number of nitrogens with one attached hydrogen (secondary N) is 2. The Kier molecular flexibility index (Phi) is 13.3.